The zero-order valence-corrected chi connectivity index (χ0v) is 10.7. The predicted octanol–water partition coefficient (Wildman–Crippen LogP) is -0.254. The third-order valence-corrected chi connectivity index (χ3v) is 3.27. The molecular weight excluding hydrogens is 220 g/mol. The summed E-state index contributed by atoms with van der Waals surface area (Å²) in [6, 6.07) is 0.131. The van der Waals surface area contributed by atoms with E-state index in [9.17, 15) is 4.79 Å². The van der Waals surface area contributed by atoms with E-state index in [1.807, 2.05) is 14.0 Å². The number of rotatable bonds is 7. The van der Waals surface area contributed by atoms with Crippen LogP contribution in [0.3, 0.4) is 0 Å². The zero-order chi connectivity index (χ0) is 12.7. The number of hydrogen-bond acceptors (Lipinski definition) is 4. The molecule has 0 bridgehead atoms. The molecule has 3 N–H and O–H groups in total. The summed E-state index contributed by atoms with van der Waals surface area (Å²) in [6.07, 6.45) is 1.85. The van der Waals surface area contributed by atoms with E-state index in [0.717, 1.165) is 12.8 Å². The molecule has 0 radical (unpaired) electrons. The van der Waals surface area contributed by atoms with Crippen molar-refractivity contribution < 1.29 is 14.6 Å². The van der Waals surface area contributed by atoms with E-state index in [2.05, 4.69) is 10.6 Å². The van der Waals surface area contributed by atoms with Gasteiger partial charge in [-0.05, 0) is 25.8 Å². The summed E-state index contributed by atoms with van der Waals surface area (Å²) in [4.78, 5) is 11.8. The Hall–Kier alpha value is -0.650. The molecule has 1 amide bonds. The molecule has 3 atom stereocenters. The van der Waals surface area contributed by atoms with Gasteiger partial charge in [0.1, 0.15) is 0 Å². The van der Waals surface area contributed by atoms with Crippen LogP contribution in [0.4, 0.5) is 0 Å². The summed E-state index contributed by atoms with van der Waals surface area (Å²) < 4.78 is 5.29. The van der Waals surface area contributed by atoms with Crippen LogP contribution in [0.1, 0.15) is 19.8 Å². The molecule has 0 aromatic carbocycles. The maximum Gasteiger partial charge on any atom is 0.227 e. The van der Waals surface area contributed by atoms with E-state index in [-0.39, 0.29) is 24.5 Å². The number of amides is 1. The zero-order valence-electron chi connectivity index (χ0n) is 10.7. The summed E-state index contributed by atoms with van der Waals surface area (Å²) in [5.74, 6) is 0.306. The van der Waals surface area contributed by atoms with Crippen molar-refractivity contribution in [2.45, 2.75) is 25.8 Å². The summed E-state index contributed by atoms with van der Waals surface area (Å²) >= 11 is 0. The maximum absolute atomic E-state index is 11.8. The fraction of sp³-hybridized carbons (Fsp3) is 0.917. The number of hydrogen-bond donors (Lipinski definition) is 3. The van der Waals surface area contributed by atoms with Crippen molar-refractivity contribution in [3.05, 3.63) is 0 Å². The number of carbonyl (C=O) groups is 1. The first-order valence-electron chi connectivity index (χ1n) is 6.32. The van der Waals surface area contributed by atoms with Crippen LogP contribution in [-0.4, -0.2) is 50.5 Å². The Balaban J connectivity index is 2.16. The van der Waals surface area contributed by atoms with Crippen LogP contribution in [0.25, 0.3) is 0 Å². The van der Waals surface area contributed by atoms with Crippen LogP contribution in [0, 0.1) is 11.8 Å². The molecule has 0 aromatic rings. The van der Waals surface area contributed by atoms with Gasteiger partial charge in [0.25, 0.3) is 0 Å². The van der Waals surface area contributed by atoms with Crippen LogP contribution in [-0.2, 0) is 9.53 Å². The van der Waals surface area contributed by atoms with Gasteiger partial charge >= 0.3 is 0 Å². The van der Waals surface area contributed by atoms with Crippen molar-refractivity contribution in [2.24, 2.45) is 11.8 Å². The topological polar surface area (TPSA) is 70.6 Å². The van der Waals surface area contributed by atoms with Crippen LogP contribution in [0.15, 0.2) is 0 Å². The summed E-state index contributed by atoms with van der Waals surface area (Å²) in [6.45, 7) is 4.01. The molecule has 100 valence electrons. The van der Waals surface area contributed by atoms with Gasteiger partial charge in [0, 0.05) is 19.2 Å². The van der Waals surface area contributed by atoms with E-state index in [1.54, 1.807) is 0 Å². The second-order valence-corrected chi connectivity index (χ2v) is 4.76. The van der Waals surface area contributed by atoms with Crippen molar-refractivity contribution in [1.29, 1.82) is 0 Å². The minimum Gasteiger partial charge on any atom is -0.396 e. The largest absolute Gasteiger partial charge is 0.396 e. The maximum atomic E-state index is 11.8. The van der Waals surface area contributed by atoms with E-state index in [0.29, 0.717) is 25.7 Å². The van der Waals surface area contributed by atoms with Gasteiger partial charge in [0.15, 0.2) is 0 Å². The number of ether oxygens (including phenoxy) is 1. The van der Waals surface area contributed by atoms with Crippen LogP contribution < -0.4 is 10.6 Å². The molecule has 1 saturated heterocycles. The Morgan fingerprint density at radius 1 is 1.53 bits per heavy atom. The normalized spacial score (nSPS) is 25.8. The molecule has 5 heteroatoms. The predicted molar refractivity (Wildman–Crippen MR) is 65.7 cm³/mol. The summed E-state index contributed by atoms with van der Waals surface area (Å²) in [5, 5.41) is 14.9. The number of nitrogens with one attached hydrogen (secondary N) is 2. The van der Waals surface area contributed by atoms with E-state index in [4.69, 9.17) is 9.84 Å². The lowest BCUT2D eigenvalue weighted by Gasteiger charge is -2.16. The highest BCUT2D eigenvalue weighted by atomic mass is 16.5. The molecule has 1 fully saturated rings. The lowest BCUT2D eigenvalue weighted by Crippen LogP contribution is -2.42. The standard InChI is InChI=1S/C12H24N2O3/c1-9(6-15)4-3-5-14-12(16)10-7-17-8-11(10)13-2/h9-11,13,15H,3-8H2,1-2H3,(H,14,16). The van der Waals surface area contributed by atoms with Gasteiger partial charge in [-0.2, -0.15) is 0 Å². The Bertz CT molecular complexity index is 236. The molecular formula is C12H24N2O3. The fourth-order valence-electron chi connectivity index (χ4n) is 1.98. The number of aliphatic hydroxyl groups is 1. The molecule has 1 rings (SSSR count). The van der Waals surface area contributed by atoms with Crippen molar-refractivity contribution in [3.63, 3.8) is 0 Å². The minimum atomic E-state index is -0.0738. The highest BCUT2D eigenvalue weighted by Crippen LogP contribution is 2.13. The molecule has 1 aliphatic heterocycles. The monoisotopic (exact) mass is 244 g/mol. The molecule has 1 aliphatic rings. The summed E-state index contributed by atoms with van der Waals surface area (Å²) in [5.41, 5.74) is 0. The Morgan fingerprint density at radius 2 is 2.29 bits per heavy atom. The lowest BCUT2D eigenvalue weighted by atomic mass is 10.0. The van der Waals surface area contributed by atoms with Gasteiger partial charge in [-0.25, -0.2) is 0 Å². The van der Waals surface area contributed by atoms with E-state index in [1.165, 1.54) is 0 Å². The average molecular weight is 244 g/mol. The SMILES string of the molecule is CNC1COCC1C(=O)NCCCC(C)CO. The van der Waals surface area contributed by atoms with Crippen LogP contribution in [0.2, 0.25) is 0 Å². The van der Waals surface area contributed by atoms with Gasteiger partial charge in [-0.15, -0.1) is 0 Å². The van der Waals surface area contributed by atoms with Crippen molar-refractivity contribution in [3.8, 4) is 0 Å². The fourth-order valence-corrected chi connectivity index (χ4v) is 1.98. The quantitative estimate of drug-likeness (QED) is 0.540. The Kier molecular flexibility index (Phi) is 6.47. The number of carbonyl (C=O) groups excluding carboxylic acids is 1. The second-order valence-electron chi connectivity index (χ2n) is 4.76. The molecule has 0 aliphatic carbocycles. The van der Waals surface area contributed by atoms with E-state index >= 15 is 0 Å². The van der Waals surface area contributed by atoms with E-state index < -0.39 is 0 Å². The average Bonchev–Trinajstić information content (AvgIpc) is 2.82. The van der Waals surface area contributed by atoms with Gasteiger partial charge < -0.3 is 20.5 Å². The van der Waals surface area contributed by atoms with Crippen molar-refractivity contribution in [2.75, 3.05) is 33.4 Å². The first-order chi connectivity index (χ1) is 8.19. The van der Waals surface area contributed by atoms with Gasteiger partial charge in [0.2, 0.25) is 5.91 Å². The van der Waals surface area contributed by atoms with Crippen molar-refractivity contribution in [1.82, 2.24) is 10.6 Å². The number of aliphatic hydroxyl groups excluding tert-OH is 1. The molecule has 1 heterocycles. The molecule has 0 aromatic heterocycles. The molecule has 5 nitrogen and oxygen atoms in total. The molecule has 17 heavy (non-hydrogen) atoms. The third kappa shape index (κ3) is 4.61. The highest BCUT2D eigenvalue weighted by molar-refractivity contribution is 5.79. The highest BCUT2D eigenvalue weighted by Gasteiger charge is 2.32. The third-order valence-electron chi connectivity index (χ3n) is 3.27. The Labute approximate surface area is 103 Å². The minimum absolute atomic E-state index is 0.0681. The van der Waals surface area contributed by atoms with Crippen molar-refractivity contribution >= 4 is 5.91 Å². The van der Waals surface area contributed by atoms with Gasteiger partial charge in [0.05, 0.1) is 19.1 Å². The first kappa shape index (κ1) is 14.4. The molecule has 3 unspecified atom stereocenters. The first-order valence-corrected chi connectivity index (χ1v) is 6.32. The molecule has 0 spiro atoms. The lowest BCUT2D eigenvalue weighted by molar-refractivity contribution is -0.125. The second kappa shape index (κ2) is 7.63. The van der Waals surface area contributed by atoms with Gasteiger partial charge in [-0.1, -0.05) is 6.92 Å². The van der Waals surface area contributed by atoms with Gasteiger partial charge in [-0.3, -0.25) is 4.79 Å². The molecule has 0 saturated carbocycles. The van der Waals surface area contributed by atoms with Crippen LogP contribution >= 0.6 is 0 Å². The smallest absolute Gasteiger partial charge is 0.227 e. The summed E-state index contributed by atoms with van der Waals surface area (Å²) in [7, 11) is 1.85. The Morgan fingerprint density at radius 3 is 2.94 bits per heavy atom. The van der Waals surface area contributed by atoms with Crippen LogP contribution in [0.5, 0.6) is 0 Å². The number of likely N-dealkylation sites (N-methyl/N-ethyl adjacent to an activating group) is 1.